The van der Waals surface area contributed by atoms with Gasteiger partial charge in [0.05, 0.1) is 6.04 Å². The van der Waals surface area contributed by atoms with E-state index in [2.05, 4.69) is 47.8 Å². The number of nitrogens with one attached hydrogen (secondary N) is 1. The third-order valence-corrected chi connectivity index (χ3v) is 4.33. The Bertz CT molecular complexity index is 633. The van der Waals surface area contributed by atoms with Crippen molar-refractivity contribution < 1.29 is 4.79 Å². The molecule has 0 saturated carbocycles. The van der Waals surface area contributed by atoms with Crippen LogP contribution in [-0.4, -0.2) is 37.0 Å². The van der Waals surface area contributed by atoms with Gasteiger partial charge in [0.15, 0.2) is 0 Å². The first kappa shape index (κ1) is 16.8. The molecule has 1 aliphatic rings. The fourth-order valence-electron chi connectivity index (χ4n) is 3.07. The predicted molar refractivity (Wildman–Crippen MR) is 93.6 cm³/mol. The Hall–Kier alpha value is -1.58. The molecule has 1 atom stereocenters. The molecule has 0 aliphatic carbocycles. The molecule has 1 N–H and O–H groups in total. The second-order valence-electron chi connectivity index (χ2n) is 5.80. The van der Waals surface area contributed by atoms with Gasteiger partial charge in [0.1, 0.15) is 0 Å². The predicted octanol–water partition coefficient (Wildman–Crippen LogP) is 3.01. The molecule has 0 radical (unpaired) electrons. The van der Waals surface area contributed by atoms with Crippen molar-refractivity contribution in [3.8, 4) is 0 Å². The van der Waals surface area contributed by atoms with E-state index in [1.54, 1.807) is 0 Å². The van der Waals surface area contributed by atoms with E-state index >= 15 is 0 Å². The van der Waals surface area contributed by atoms with E-state index < -0.39 is 0 Å². The van der Waals surface area contributed by atoms with Crippen molar-refractivity contribution in [1.29, 1.82) is 0 Å². The Kier molecular flexibility index (Phi) is 5.81. The van der Waals surface area contributed by atoms with Crippen molar-refractivity contribution in [1.82, 2.24) is 10.2 Å². The first-order valence-electron chi connectivity index (χ1n) is 7.71. The third kappa shape index (κ3) is 3.60. The fraction of sp³-hybridized carbons (Fsp3) is 0.389. The summed E-state index contributed by atoms with van der Waals surface area (Å²) in [6.45, 7) is 1.73. The van der Waals surface area contributed by atoms with Crippen LogP contribution in [0, 0.1) is 0 Å². The van der Waals surface area contributed by atoms with Crippen molar-refractivity contribution in [3.05, 3.63) is 48.0 Å². The van der Waals surface area contributed by atoms with E-state index in [-0.39, 0.29) is 24.4 Å². The molecule has 0 spiro atoms. The van der Waals surface area contributed by atoms with Crippen molar-refractivity contribution in [2.24, 2.45) is 0 Å². The molecular formula is C18H23ClN2O. The lowest BCUT2D eigenvalue weighted by Crippen LogP contribution is -2.42. The molecule has 22 heavy (non-hydrogen) atoms. The van der Waals surface area contributed by atoms with Crippen molar-refractivity contribution in [2.45, 2.75) is 25.3 Å². The first-order chi connectivity index (χ1) is 10.3. The summed E-state index contributed by atoms with van der Waals surface area (Å²) in [4.78, 5) is 14.2. The van der Waals surface area contributed by atoms with Crippen LogP contribution in [0.1, 0.15) is 18.4 Å². The lowest BCUT2D eigenvalue weighted by atomic mass is 10.0. The van der Waals surface area contributed by atoms with Gasteiger partial charge in [-0.3, -0.25) is 4.79 Å². The van der Waals surface area contributed by atoms with Gasteiger partial charge in [-0.2, -0.15) is 0 Å². The molecule has 2 aromatic carbocycles. The first-order valence-corrected chi connectivity index (χ1v) is 7.71. The molecule has 1 heterocycles. The summed E-state index contributed by atoms with van der Waals surface area (Å²) in [6, 6.07) is 14.9. The summed E-state index contributed by atoms with van der Waals surface area (Å²) in [5, 5.41) is 5.83. The number of nitrogens with zero attached hydrogens (tertiary/aromatic N) is 1. The van der Waals surface area contributed by atoms with Crippen LogP contribution in [0.25, 0.3) is 10.8 Å². The molecule has 1 saturated heterocycles. The number of hydrogen-bond acceptors (Lipinski definition) is 2. The maximum Gasteiger partial charge on any atom is 0.239 e. The van der Waals surface area contributed by atoms with Crippen LogP contribution < -0.4 is 5.32 Å². The minimum absolute atomic E-state index is 0. The van der Waals surface area contributed by atoms with Crippen LogP contribution in [0.5, 0.6) is 0 Å². The molecule has 4 heteroatoms. The van der Waals surface area contributed by atoms with Gasteiger partial charge in [0, 0.05) is 13.6 Å². The Morgan fingerprint density at radius 2 is 2.00 bits per heavy atom. The van der Waals surface area contributed by atoms with Crippen LogP contribution in [-0.2, 0) is 11.2 Å². The van der Waals surface area contributed by atoms with Crippen molar-refractivity contribution >= 4 is 29.1 Å². The maximum atomic E-state index is 12.3. The molecule has 2 aromatic rings. The summed E-state index contributed by atoms with van der Waals surface area (Å²) >= 11 is 0. The molecule has 0 aromatic heterocycles. The zero-order valence-electron chi connectivity index (χ0n) is 12.9. The number of amides is 1. The fourth-order valence-corrected chi connectivity index (χ4v) is 3.07. The smallest absolute Gasteiger partial charge is 0.239 e. The van der Waals surface area contributed by atoms with E-state index in [1.165, 1.54) is 16.3 Å². The lowest BCUT2D eigenvalue weighted by molar-refractivity contribution is -0.131. The summed E-state index contributed by atoms with van der Waals surface area (Å²) < 4.78 is 0. The highest BCUT2D eigenvalue weighted by atomic mass is 35.5. The third-order valence-electron chi connectivity index (χ3n) is 4.33. The van der Waals surface area contributed by atoms with E-state index in [9.17, 15) is 4.79 Å². The average Bonchev–Trinajstić information content (AvgIpc) is 3.06. The minimum atomic E-state index is 0. The summed E-state index contributed by atoms with van der Waals surface area (Å²) in [6.07, 6.45) is 2.97. The van der Waals surface area contributed by atoms with Gasteiger partial charge in [-0.1, -0.05) is 42.5 Å². The van der Waals surface area contributed by atoms with E-state index in [0.29, 0.717) is 0 Å². The number of halogens is 1. The quantitative estimate of drug-likeness (QED) is 0.940. The van der Waals surface area contributed by atoms with Crippen molar-refractivity contribution in [2.75, 3.05) is 20.1 Å². The van der Waals surface area contributed by atoms with Gasteiger partial charge in [0.25, 0.3) is 0 Å². The van der Waals surface area contributed by atoms with Crippen LogP contribution in [0.3, 0.4) is 0 Å². The lowest BCUT2D eigenvalue weighted by Gasteiger charge is -2.21. The van der Waals surface area contributed by atoms with Gasteiger partial charge in [-0.15, -0.1) is 12.4 Å². The van der Waals surface area contributed by atoms with Crippen LogP contribution >= 0.6 is 12.4 Å². The van der Waals surface area contributed by atoms with Gasteiger partial charge in [0.2, 0.25) is 5.91 Å². The topological polar surface area (TPSA) is 32.3 Å². The monoisotopic (exact) mass is 318 g/mol. The van der Waals surface area contributed by atoms with Crippen molar-refractivity contribution in [3.63, 3.8) is 0 Å². The zero-order chi connectivity index (χ0) is 14.7. The molecule has 1 amide bonds. The van der Waals surface area contributed by atoms with E-state index in [0.717, 1.165) is 32.4 Å². The summed E-state index contributed by atoms with van der Waals surface area (Å²) in [7, 11) is 1.91. The number of carbonyl (C=O) groups is 1. The maximum absolute atomic E-state index is 12.3. The van der Waals surface area contributed by atoms with Gasteiger partial charge < -0.3 is 10.2 Å². The standard InChI is InChI=1S/C18H22N2O.ClH/c1-20(18(21)17-10-5-12-19-17)13-11-15-8-4-7-14-6-2-3-9-16(14)15;/h2-4,6-9,17,19H,5,10-13H2,1H3;1H. The van der Waals surface area contributed by atoms with E-state index in [1.807, 2.05) is 11.9 Å². The Morgan fingerprint density at radius 1 is 1.23 bits per heavy atom. The largest absolute Gasteiger partial charge is 0.344 e. The minimum Gasteiger partial charge on any atom is -0.344 e. The number of benzene rings is 2. The molecule has 3 rings (SSSR count). The SMILES string of the molecule is CN(CCc1cccc2ccccc12)C(=O)C1CCCN1.Cl. The molecule has 1 aliphatic heterocycles. The Morgan fingerprint density at radius 3 is 2.77 bits per heavy atom. The number of likely N-dealkylation sites (N-methyl/N-ethyl adjacent to an activating group) is 1. The van der Waals surface area contributed by atoms with Crippen LogP contribution in [0.15, 0.2) is 42.5 Å². The van der Waals surface area contributed by atoms with Crippen LogP contribution in [0.4, 0.5) is 0 Å². The van der Waals surface area contributed by atoms with Crippen LogP contribution in [0.2, 0.25) is 0 Å². The number of fused-ring (bicyclic) bond motifs is 1. The molecular weight excluding hydrogens is 296 g/mol. The van der Waals surface area contributed by atoms with E-state index in [4.69, 9.17) is 0 Å². The molecule has 1 unspecified atom stereocenters. The zero-order valence-corrected chi connectivity index (χ0v) is 13.7. The molecule has 1 fully saturated rings. The second kappa shape index (κ2) is 7.61. The average molecular weight is 319 g/mol. The second-order valence-corrected chi connectivity index (χ2v) is 5.80. The Labute approximate surface area is 138 Å². The summed E-state index contributed by atoms with van der Waals surface area (Å²) in [5.74, 6) is 0.229. The highest BCUT2D eigenvalue weighted by molar-refractivity contribution is 5.86. The van der Waals surface area contributed by atoms with Gasteiger partial charge >= 0.3 is 0 Å². The molecule has 118 valence electrons. The van der Waals surface area contributed by atoms with Gasteiger partial charge in [-0.05, 0) is 42.1 Å². The Balaban J connectivity index is 0.00000176. The highest BCUT2D eigenvalue weighted by Crippen LogP contribution is 2.19. The normalized spacial score (nSPS) is 17.2. The molecule has 3 nitrogen and oxygen atoms in total. The molecule has 0 bridgehead atoms. The highest BCUT2D eigenvalue weighted by Gasteiger charge is 2.24. The number of hydrogen-bond donors (Lipinski definition) is 1. The number of carbonyl (C=O) groups excluding carboxylic acids is 1. The number of rotatable bonds is 4. The van der Waals surface area contributed by atoms with Gasteiger partial charge in [-0.25, -0.2) is 0 Å². The summed E-state index contributed by atoms with van der Waals surface area (Å²) in [5.41, 5.74) is 1.31.